The van der Waals surface area contributed by atoms with Crippen LogP contribution in [-0.2, 0) is 16.6 Å². The van der Waals surface area contributed by atoms with Gasteiger partial charge in [-0.3, -0.25) is 4.98 Å². The van der Waals surface area contributed by atoms with Crippen LogP contribution in [0.3, 0.4) is 0 Å². The number of aromatic nitrogens is 1. The van der Waals surface area contributed by atoms with Crippen molar-refractivity contribution in [3.8, 4) is 0 Å². The van der Waals surface area contributed by atoms with Gasteiger partial charge in [-0.1, -0.05) is 12.2 Å². The number of furan rings is 1. The van der Waals surface area contributed by atoms with Gasteiger partial charge in [0.2, 0.25) is 10.0 Å². The van der Waals surface area contributed by atoms with Crippen molar-refractivity contribution in [2.45, 2.75) is 18.4 Å². The fourth-order valence-corrected chi connectivity index (χ4v) is 2.57. The van der Waals surface area contributed by atoms with Gasteiger partial charge >= 0.3 is 0 Å². The third kappa shape index (κ3) is 3.41. The van der Waals surface area contributed by atoms with Crippen molar-refractivity contribution in [3.05, 3.63) is 47.7 Å². The minimum absolute atomic E-state index is 0.0424. The molecule has 0 bridgehead atoms. The molecule has 20 heavy (non-hydrogen) atoms. The summed E-state index contributed by atoms with van der Waals surface area (Å²) in [4.78, 5) is 4.06. The quantitative estimate of drug-likeness (QED) is 0.802. The Kier molecular flexibility index (Phi) is 4.17. The molecule has 0 radical (unpaired) electrons. The molecule has 2 heterocycles. The summed E-state index contributed by atoms with van der Waals surface area (Å²) in [6.07, 6.45) is 1.21. The molecule has 0 unspecified atom stereocenters. The zero-order valence-corrected chi connectivity index (χ0v) is 12.3. The van der Waals surface area contributed by atoms with E-state index >= 15 is 0 Å². The molecule has 6 nitrogen and oxygen atoms in total. The van der Waals surface area contributed by atoms with Crippen LogP contribution in [0.4, 0.5) is 0 Å². The van der Waals surface area contributed by atoms with Gasteiger partial charge in [-0.15, -0.1) is 0 Å². The molecule has 0 saturated carbocycles. The minimum Gasteiger partial charge on any atom is -0.465 e. The third-order valence-corrected chi connectivity index (χ3v) is 4.13. The van der Waals surface area contributed by atoms with Crippen molar-refractivity contribution >= 4 is 27.2 Å². The first-order chi connectivity index (χ1) is 9.38. The maximum absolute atomic E-state index is 12.0. The van der Waals surface area contributed by atoms with Gasteiger partial charge < -0.3 is 10.2 Å². The van der Waals surface area contributed by atoms with Crippen molar-refractivity contribution in [2.75, 3.05) is 0 Å². The predicted octanol–water partition coefficient (Wildman–Crippen LogP) is 1.10. The van der Waals surface area contributed by atoms with E-state index in [-0.39, 0.29) is 16.4 Å². The number of rotatable bonds is 5. The Bertz CT molecular complexity index is 721. The molecule has 3 N–H and O–H groups in total. The normalized spacial score (nSPS) is 11.4. The van der Waals surface area contributed by atoms with Crippen LogP contribution < -0.4 is 10.5 Å². The summed E-state index contributed by atoms with van der Waals surface area (Å²) in [7, 11) is -3.65. The van der Waals surface area contributed by atoms with E-state index in [0.717, 1.165) is 5.76 Å². The van der Waals surface area contributed by atoms with Crippen LogP contribution in [0.15, 0.2) is 39.8 Å². The lowest BCUT2D eigenvalue weighted by molar-refractivity contribution is 0.475. The smallest absolute Gasteiger partial charge is 0.242 e. The highest BCUT2D eigenvalue weighted by Crippen LogP contribution is 2.10. The first-order valence-electron chi connectivity index (χ1n) is 5.69. The molecule has 106 valence electrons. The first kappa shape index (κ1) is 14.6. The van der Waals surface area contributed by atoms with E-state index in [2.05, 4.69) is 9.71 Å². The third-order valence-electron chi connectivity index (χ3n) is 2.53. The molecule has 2 rings (SSSR count). The van der Waals surface area contributed by atoms with E-state index in [0.29, 0.717) is 11.5 Å². The van der Waals surface area contributed by atoms with Crippen molar-refractivity contribution in [3.63, 3.8) is 0 Å². The number of thiocarbonyl (C=S) groups is 1. The van der Waals surface area contributed by atoms with Gasteiger partial charge in [-0.2, -0.15) is 0 Å². The summed E-state index contributed by atoms with van der Waals surface area (Å²) in [6.45, 7) is 1.86. The molecule has 0 spiro atoms. The Morgan fingerprint density at radius 2 is 2.15 bits per heavy atom. The number of nitrogens with two attached hydrogens (primary N) is 1. The Balaban J connectivity index is 2.11. The summed E-state index contributed by atoms with van der Waals surface area (Å²) < 4.78 is 31.8. The highest BCUT2D eigenvalue weighted by Gasteiger charge is 2.15. The summed E-state index contributed by atoms with van der Waals surface area (Å²) >= 11 is 4.75. The van der Waals surface area contributed by atoms with E-state index in [1.54, 1.807) is 19.1 Å². The van der Waals surface area contributed by atoms with Crippen LogP contribution in [0.1, 0.15) is 17.2 Å². The van der Waals surface area contributed by atoms with E-state index in [4.69, 9.17) is 22.4 Å². The first-order valence-corrected chi connectivity index (χ1v) is 7.58. The zero-order chi connectivity index (χ0) is 14.8. The molecule has 0 saturated heterocycles. The molecule has 2 aromatic heterocycles. The predicted molar refractivity (Wildman–Crippen MR) is 77.6 cm³/mol. The number of nitrogens with one attached hydrogen (secondary N) is 1. The highest BCUT2D eigenvalue weighted by molar-refractivity contribution is 7.89. The molecular formula is C12H13N3O3S2. The number of hydrogen-bond donors (Lipinski definition) is 2. The number of nitrogens with zero attached hydrogens (tertiary/aromatic N) is 1. The van der Waals surface area contributed by atoms with Crippen LogP contribution in [0, 0.1) is 6.92 Å². The molecule has 0 atom stereocenters. The van der Waals surface area contributed by atoms with Crippen LogP contribution in [0.5, 0.6) is 0 Å². The van der Waals surface area contributed by atoms with Gasteiger partial charge in [-0.25, -0.2) is 13.1 Å². The van der Waals surface area contributed by atoms with E-state index in [1.165, 1.54) is 18.3 Å². The Morgan fingerprint density at radius 3 is 2.65 bits per heavy atom. The Morgan fingerprint density at radius 1 is 1.40 bits per heavy atom. The van der Waals surface area contributed by atoms with Gasteiger partial charge in [0.1, 0.15) is 21.4 Å². The fourth-order valence-electron chi connectivity index (χ4n) is 1.51. The summed E-state index contributed by atoms with van der Waals surface area (Å²) in [6, 6.07) is 6.35. The van der Waals surface area contributed by atoms with Crippen LogP contribution in [0.2, 0.25) is 0 Å². The van der Waals surface area contributed by atoms with E-state index in [9.17, 15) is 8.42 Å². The molecule has 2 aromatic rings. The summed E-state index contributed by atoms with van der Waals surface area (Å²) in [5.41, 5.74) is 5.78. The van der Waals surface area contributed by atoms with Crippen molar-refractivity contribution in [2.24, 2.45) is 5.73 Å². The Hall–Kier alpha value is -1.77. The second-order valence-electron chi connectivity index (χ2n) is 4.08. The second kappa shape index (κ2) is 5.70. The topological polar surface area (TPSA) is 98.2 Å². The largest absolute Gasteiger partial charge is 0.465 e. The van der Waals surface area contributed by atoms with Gasteiger partial charge in [0.05, 0.1) is 12.2 Å². The van der Waals surface area contributed by atoms with E-state index < -0.39 is 10.0 Å². The molecule has 0 aliphatic carbocycles. The maximum Gasteiger partial charge on any atom is 0.242 e. The zero-order valence-electron chi connectivity index (χ0n) is 10.7. The molecular weight excluding hydrogens is 298 g/mol. The molecule has 0 aliphatic rings. The molecule has 0 aliphatic heterocycles. The average molecular weight is 311 g/mol. The average Bonchev–Trinajstić information content (AvgIpc) is 2.82. The van der Waals surface area contributed by atoms with E-state index in [1.807, 2.05) is 0 Å². The van der Waals surface area contributed by atoms with Crippen LogP contribution in [0.25, 0.3) is 0 Å². The lowest BCUT2D eigenvalue weighted by atomic mass is 10.3. The summed E-state index contributed by atoms with van der Waals surface area (Å²) in [5, 5.41) is 0. The van der Waals surface area contributed by atoms with Crippen molar-refractivity contribution < 1.29 is 12.8 Å². The monoisotopic (exact) mass is 311 g/mol. The van der Waals surface area contributed by atoms with Crippen LogP contribution in [-0.4, -0.2) is 18.4 Å². The molecule has 0 amide bonds. The lowest BCUT2D eigenvalue weighted by Gasteiger charge is -2.05. The van der Waals surface area contributed by atoms with Gasteiger partial charge in [0, 0.05) is 6.20 Å². The van der Waals surface area contributed by atoms with Crippen molar-refractivity contribution in [1.82, 2.24) is 9.71 Å². The molecule has 0 aromatic carbocycles. The van der Waals surface area contributed by atoms with Gasteiger partial charge in [0.15, 0.2) is 0 Å². The number of hydrogen-bond acceptors (Lipinski definition) is 5. The molecule has 0 fully saturated rings. The number of pyridine rings is 1. The lowest BCUT2D eigenvalue weighted by Crippen LogP contribution is -2.23. The standard InChI is InChI=1S/C12H13N3O3S2/c1-8-2-3-9(18-8)6-15-20(16,17)10-4-5-11(12(13)19)14-7-10/h2-5,7,15H,6H2,1H3,(H2,13,19). The maximum atomic E-state index is 12.0. The van der Waals surface area contributed by atoms with Crippen molar-refractivity contribution in [1.29, 1.82) is 0 Å². The minimum atomic E-state index is -3.65. The Labute approximate surface area is 122 Å². The van der Waals surface area contributed by atoms with Crippen LogP contribution >= 0.6 is 12.2 Å². The number of aryl methyl sites for hydroxylation is 1. The number of sulfonamides is 1. The SMILES string of the molecule is Cc1ccc(CNS(=O)(=O)c2ccc(C(N)=S)nc2)o1. The van der Waals surface area contributed by atoms with Gasteiger partial charge in [0.25, 0.3) is 0 Å². The fraction of sp³-hybridized carbons (Fsp3) is 0.167. The highest BCUT2D eigenvalue weighted by atomic mass is 32.2. The summed E-state index contributed by atoms with van der Waals surface area (Å²) in [5.74, 6) is 1.26. The van der Waals surface area contributed by atoms with Gasteiger partial charge in [-0.05, 0) is 31.2 Å². The molecule has 8 heteroatoms. The second-order valence-corrected chi connectivity index (χ2v) is 6.29.